The first-order chi connectivity index (χ1) is 18.9. The molecular weight excluding hydrogens is 584 g/mol. The van der Waals surface area contributed by atoms with Crippen molar-refractivity contribution in [1.29, 1.82) is 5.26 Å². The topological polar surface area (TPSA) is 203 Å². The van der Waals surface area contributed by atoms with Crippen molar-refractivity contribution in [1.82, 2.24) is 0 Å². The van der Waals surface area contributed by atoms with Crippen LogP contribution in [0.1, 0.15) is 18.1 Å². The Kier molecular flexibility index (Phi) is 9.08. The molecule has 0 aromatic heterocycles. The number of nitrogens with zero attached hydrogens (tertiary/aromatic N) is 1. The van der Waals surface area contributed by atoms with E-state index in [-0.39, 0.29) is 0 Å². The lowest BCUT2D eigenvalue weighted by Gasteiger charge is -2.42. The van der Waals surface area contributed by atoms with Crippen LogP contribution in [0, 0.1) is 17.1 Å². The molecule has 1 saturated heterocycles. The van der Waals surface area contributed by atoms with Crippen molar-refractivity contribution in [3.8, 4) is 6.07 Å². The summed E-state index contributed by atoms with van der Waals surface area (Å²) in [6.07, 6.45) is -16.1. The van der Waals surface area contributed by atoms with Crippen LogP contribution in [0.3, 0.4) is 0 Å². The van der Waals surface area contributed by atoms with E-state index in [1.165, 1.54) is 6.07 Å². The monoisotopic (exact) mass is 606 g/mol. The lowest BCUT2D eigenvalue weighted by molar-refractivity contribution is -0.311. The number of nitrogens with one attached hydrogen (secondary N) is 1. The van der Waals surface area contributed by atoms with Crippen LogP contribution in [0.15, 0.2) is 47.4 Å². The number of sulfone groups is 1. The number of aliphatic hydroxyl groups is 3. The standard InChI is InChI=1S/C24H22F4N2O10S/c1-23(10-41(37,38)14-6-3-12(25)4-7-14,40-21-18(33)16(31)17(32)19(39-21)20(34)35)22(36)30-13-5-2-11(9-29)15(8-13)24(26,27)28/h2-8,16-19,21,31-33H,10H2,1H3,(H,30,36)(H,34,35)/t16-,17-,18+,19-,21?,23?/m0/s1. The van der Waals surface area contributed by atoms with E-state index < -0.39 is 97.5 Å². The molecule has 2 aromatic carbocycles. The number of aliphatic carboxylic acids is 1. The van der Waals surface area contributed by atoms with E-state index in [1.54, 1.807) is 0 Å². The Hall–Kier alpha value is -3.66. The number of ether oxygens (including phenoxy) is 2. The number of anilines is 1. The zero-order chi connectivity index (χ0) is 30.9. The van der Waals surface area contributed by atoms with Gasteiger partial charge in [0.25, 0.3) is 5.91 Å². The third-order valence-corrected chi connectivity index (χ3v) is 7.93. The number of carboxylic acid groups (broad SMARTS) is 1. The van der Waals surface area contributed by atoms with Crippen molar-refractivity contribution in [3.63, 3.8) is 0 Å². The lowest BCUT2D eigenvalue weighted by Crippen LogP contribution is -2.63. The van der Waals surface area contributed by atoms with Crippen LogP contribution < -0.4 is 5.32 Å². The number of hydrogen-bond donors (Lipinski definition) is 5. The van der Waals surface area contributed by atoms with Gasteiger partial charge in [0, 0.05) is 5.69 Å². The number of benzene rings is 2. The Morgan fingerprint density at radius 3 is 2.22 bits per heavy atom. The number of amides is 1. The summed E-state index contributed by atoms with van der Waals surface area (Å²) in [5.41, 5.74) is -5.46. The van der Waals surface area contributed by atoms with Crippen molar-refractivity contribution >= 4 is 27.4 Å². The SMILES string of the molecule is CC(CS(=O)(=O)c1ccc(F)cc1)(OC1O[C@H](C(=O)O)[C@@H](O)[C@H](O)[C@H]1O)C(=O)Nc1ccc(C#N)c(C(F)(F)F)c1. The predicted molar refractivity (Wildman–Crippen MR) is 127 cm³/mol. The molecule has 0 radical (unpaired) electrons. The van der Waals surface area contributed by atoms with Crippen molar-refractivity contribution in [2.24, 2.45) is 0 Å². The number of carboxylic acids is 1. The minimum Gasteiger partial charge on any atom is -0.479 e. The molecule has 0 saturated carbocycles. The fraction of sp³-hybridized carbons (Fsp3) is 0.375. The van der Waals surface area contributed by atoms with Crippen LogP contribution >= 0.6 is 0 Å². The molecule has 0 aliphatic carbocycles. The van der Waals surface area contributed by atoms with Gasteiger partial charge in [-0.3, -0.25) is 4.79 Å². The van der Waals surface area contributed by atoms with E-state index >= 15 is 0 Å². The number of alkyl halides is 3. The summed E-state index contributed by atoms with van der Waals surface area (Å²) in [6.45, 7) is 0.820. The Balaban J connectivity index is 2.03. The highest BCUT2D eigenvalue weighted by Gasteiger charge is 2.52. The number of nitriles is 1. The van der Waals surface area contributed by atoms with Gasteiger partial charge in [0.1, 0.15) is 24.1 Å². The normalized spacial score (nSPS) is 24.6. The van der Waals surface area contributed by atoms with Gasteiger partial charge < -0.3 is 35.2 Å². The Labute approximate surface area is 229 Å². The second kappa shape index (κ2) is 11.7. The summed E-state index contributed by atoms with van der Waals surface area (Å²) in [4.78, 5) is 24.3. The highest BCUT2D eigenvalue weighted by molar-refractivity contribution is 7.91. The molecule has 5 N–H and O–H groups in total. The minimum absolute atomic E-state index is 0.401. The Bertz CT molecular complexity index is 1460. The highest BCUT2D eigenvalue weighted by atomic mass is 32.2. The maximum absolute atomic E-state index is 13.4. The summed E-state index contributed by atoms with van der Waals surface area (Å²) >= 11 is 0. The second-order valence-corrected chi connectivity index (χ2v) is 11.1. The molecule has 1 amide bonds. The summed E-state index contributed by atoms with van der Waals surface area (Å²) in [6, 6.07) is 6.70. The fourth-order valence-corrected chi connectivity index (χ4v) is 5.51. The molecule has 1 aliphatic heterocycles. The van der Waals surface area contributed by atoms with Crippen LogP contribution in [-0.2, 0) is 35.1 Å². The highest BCUT2D eigenvalue weighted by Crippen LogP contribution is 2.34. The predicted octanol–water partition coefficient (Wildman–Crippen LogP) is 0.796. The number of halogens is 4. The van der Waals surface area contributed by atoms with Gasteiger partial charge in [0.2, 0.25) is 0 Å². The molecule has 12 nitrogen and oxygen atoms in total. The van der Waals surface area contributed by atoms with Gasteiger partial charge in [-0.25, -0.2) is 17.6 Å². The van der Waals surface area contributed by atoms with Gasteiger partial charge >= 0.3 is 12.1 Å². The molecule has 2 aromatic rings. The van der Waals surface area contributed by atoms with Gasteiger partial charge in [0.15, 0.2) is 27.8 Å². The van der Waals surface area contributed by atoms with Crippen LogP contribution in [0.4, 0.5) is 23.2 Å². The first-order valence-corrected chi connectivity index (χ1v) is 13.1. The van der Waals surface area contributed by atoms with Gasteiger partial charge in [-0.05, 0) is 49.4 Å². The molecule has 1 fully saturated rings. The van der Waals surface area contributed by atoms with Crippen molar-refractivity contribution in [2.45, 2.75) is 54.3 Å². The molecule has 0 spiro atoms. The van der Waals surface area contributed by atoms with Crippen molar-refractivity contribution in [2.75, 3.05) is 11.1 Å². The molecule has 1 aliphatic rings. The van der Waals surface area contributed by atoms with Crippen LogP contribution in [0.5, 0.6) is 0 Å². The summed E-state index contributed by atoms with van der Waals surface area (Å²) in [5.74, 6) is -5.38. The lowest BCUT2D eigenvalue weighted by atomic mass is 9.98. The molecule has 41 heavy (non-hydrogen) atoms. The van der Waals surface area contributed by atoms with E-state index in [2.05, 4.69) is 0 Å². The van der Waals surface area contributed by atoms with Crippen LogP contribution in [0.2, 0.25) is 0 Å². The van der Waals surface area contributed by atoms with E-state index in [9.17, 15) is 56.0 Å². The van der Waals surface area contributed by atoms with Gasteiger partial charge in [-0.1, -0.05) is 0 Å². The summed E-state index contributed by atoms with van der Waals surface area (Å²) in [5, 5.41) is 50.6. The van der Waals surface area contributed by atoms with Gasteiger partial charge in [-0.15, -0.1) is 0 Å². The Morgan fingerprint density at radius 2 is 1.68 bits per heavy atom. The fourth-order valence-electron chi connectivity index (χ4n) is 3.86. The minimum atomic E-state index is -5.01. The van der Waals surface area contributed by atoms with Crippen LogP contribution in [0.25, 0.3) is 0 Å². The summed E-state index contributed by atoms with van der Waals surface area (Å²) < 4.78 is 90.3. The number of carbonyl (C=O) groups excluding carboxylic acids is 1. The van der Waals surface area contributed by atoms with E-state index in [1.807, 2.05) is 5.32 Å². The largest absolute Gasteiger partial charge is 0.479 e. The smallest absolute Gasteiger partial charge is 0.417 e. The van der Waals surface area contributed by atoms with E-state index in [4.69, 9.17) is 14.7 Å². The Morgan fingerprint density at radius 1 is 1.07 bits per heavy atom. The van der Waals surface area contributed by atoms with Crippen molar-refractivity contribution < 1.29 is 65.5 Å². The molecule has 1 heterocycles. The molecule has 222 valence electrons. The molecular formula is C24H22F4N2O10S. The average molecular weight is 607 g/mol. The first-order valence-electron chi connectivity index (χ1n) is 11.4. The molecule has 2 unspecified atom stereocenters. The third kappa shape index (κ3) is 6.98. The molecule has 6 atom stereocenters. The first kappa shape index (κ1) is 31.9. The van der Waals surface area contributed by atoms with Gasteiger partial charge in [0.05, 0.1) is 27.8 Å². The maximum atomic E-state index is 13.4. The second-order valence-electron chi connectivity index (χ2n) is 9.12. The number of hydrogen-bond acceptors (Lipinski definition) is 10. The van der Waals surface area contributed by atoms with Crippen LogP contribution in [-0.4, -0.2) is 82.8 Å². The quantitative estimate of drug-likeness (QED) is 0.210. The zero-order valence-electron chi connectivity index (χ0n) is 20.7. The average Bonchev–Trinajstić information content (AvgIpc) is 2.88. The number of aliphatic hydroxyl groups excluding tert-OH is 3. The molecule has 0 bridgehead atoms. The maximum Gasteiger partial charge on any atom is 0.417 e. The van der Waals surface area contributed by atoms with Crippen molar-refractivity contribution in [3.05, 3.63) is 59.4 Å². The molecule has 3 rings (SSSR count). The zero-order valence-corrected chi connectivity index (χ0v) is 21.6. The van der Waals surface area contributed by atoms with Gasteiger partial charge in [-0.2, -0.15) is 18.4 Å². The van der Waals surface area contributed by atoms with E-state index in [0.29, 0.717) is 6.07 Å². The van der Waals surface area contributed by atoms with E-state index in [0.717, 1.165) is 43.3 Å². The summed E-state index contributed by atoms with van der Waals surface area (Å²) in [7, 11) is -4.58. The number of rotatable bonds is 8. The third-order valence-electron chi connectivity index (χ3n) is 6.01. The molecule has 17 heteroatoms. The number of carbonyl (C=O) groups is 2.